The Morgan fingerprint density at radius 3 is 2.53 bits per heavy atom. The van der Waals surface area contributed by atoms with Crippen LogP contribution in [0, 0.1) is 10.8 Å². The number of pyridine rings is 1. The summed E-state index contributed by atoms with van der Waals surface area (Å²) in [6.45, 7) is 5.95. The molecule has 0 spiro atoms. The standard InChI is InChI=1S/C12H17N3/c1-12(2,3)11(14)8-9(13)10-6-4-5-7-15-10/h4-8,14H,13H2,1-3H3/b9-8-,14-11?. The molecule has 80 valence electrons. The van der Waals surface area contributed by atoms with Crippen LogP contribution in [0.25, 0.3) is 5.70 Å². The van der Waals surface area contributed by atoms with E-state index in [0.29, 0.717) is 17.1 Å². The number of nitrogens with zero attached hydrogens (tertiary/aromatic N) is 1. The lowest BCUT2D eigenvalue weighted by Crippen LogP contribution is -2.18. The van der Waals surface area contributed by atoms with Gasteiger partial charge in [-0.2, -0.15) is 0 Å². The highest BCUT2D eigenvalue weighted by atomic mass is 14.7. The molecule has 3 nitrogen and oxygen atoms in total. The normalized spacial score (nSPS) is 12.6. The van der Waals surface area contributed by atoms with Crippen molar-refractivity contribution in [3.05, 3.63) is 36.2 Å². The van der Waals surface area contributed by atoms with Gasteiger partial charge in [0.2, 0.25) is 0 Å². The maximum atomic E-state index is 7.84. The monoisotopic (exact) mass is 203 g/mol. The summed E-state index contributed by atoms with van der Waals surface area (Å²) < 4.78 is 0. The van der Waals surface area contributed by atoms with Crippen molar-refractivity contribution in [3.63, 3.8) is 0 Å². The maximum absolute atomic E-state index is 7.84. The van der Waals surface area contributed by atoms with Crippen LogP contribution in [0.5, 0.6) is 0 Å². The summed E-state index contributed by atoms with van der Waals surface area (Å²) in [5, 5.41) is 7.84. The fourth-order valence-electron chi connectivity index (χ4n) is 0.979. The molecule has 0 bridgehead atoms. The molecule has 0 saturated heterocycles. The van der Waals surface area contributed by atoms with Gasteiger partial charge in [-0.05, 0) is 18.2 Å². The second-order valence-electron chi connectivity index (χ2n) is 4.48. The van der Waals surface area contributed by atoms with Crippen molar-refractivity contribution in [3.8, 4) is 0 Å². The number of aromatic nitrogens is 1. The fourth-order valence-corrected chi connectivity index (χ4v) is 0.979. The van der Waals surface area contributed by atoms with E-state index < -0.39 is 0 Å². The zero-order chi connectivity index (χ0) is 11.5. The smallest absolute Gasteiger partial charge is 0.0859 e. The van der Waals surface area contributed by atoms with Crippen molar-refractivity contribution in [2.24, 2.45) is 11.1 Å². The molecule has 0 saturated carbocycles. The van der Waals surface area contributed by atoms with Crippen LogP contribution in [-0.4, -0.2) is 10.7 Å². The summed E-state index contributed by atoms with van der Waals surface area (Å²) in [6, 6.07) is 5.55. The van der Waals surface area contributed by atoms with Crippen molar-refractivity contribution in [1.82, 2.24) is 4.98 Å². The minimum absolute atomic E-state index is 0.181. The number of hydrogen-bond donors (Lipinski definition) is 2. The van der Waals surface area contributed by atoms with Crippen molar-refractivity contribution < 1.29 is 0 Å². The van der Waals surface area contributed by atoms with Gasteiger partial charge in [-0.1, -0.05) is 26.8 Å². The van der Waals surface area contributed by atoms with Gasteiger partial charge in [0, 0.05) is 17.3 Å². The van der Waals surface area contributed by atoms with E-state index in [1.807, 2.05) is 39.0 Å². The lowest BCUT2D eigenvalue weighted by Gasteiger charge is -2.17. The molecule has 0 atom stereocenters. The Hall–Kier alpha value is -1.64. The average molecular weight is 203 g/mol. The van der Waals surface area contributed by atoms with E-state index in [1.54, 1.807) is 12.3 Å². The number of hydrogen-bond acceptors (Lipinski definition) is 3. The first-order valence-corrected chi connectivity index (χ1v) is 4.89. The van der Waals surface area contributed by atoms with Gasteiger partial charge in [-0.25, -0.2) is 0 Å². The zero-order valence-electron chi connectivity index (χ0n) is 9.41. The molecule has 1 heterocycles. The molecule has 0 unspecified atom stereocenters. The number of nitrogens with one attached hydrogen (secondary N) is 1. The van der Waals surface area contributed by atoms with Crippen molar-refractivity contribution in [2.75, 3.05) is 0 Å². The summed E-state index contributed by atoms with van der Waals surface area (Å²) >= 11 is 0. The summed E-state index contributed by atoms with van der Waals surface area (Å²) in [6.07, 6.45) is 3.36. The first kappa shape index (κ1) is 11.4. The van der Waals surface area contributed by atoms with Gasteiger partial charge >= 0.3 is 0 Å². The third kappa shape index (κ3) is 3.20. The summed E-state index contributed by atoms with van der Waals surface area (Å²) in [4.78, 5) is 4.12. The van der Waals surface area contributed by atoms with Crippen LogP contribution in [0.3, 0.4) is 0 Å². The van der Waals surface area contributed by atoms with Gasteiger partial charge in [0.25, 0.3) is 0 Å². The molecule has 3 N–H and O–H groups in total. The molecule has 0 aliphatic carbocycles. The first-order chi connectivity index (χ1) is 6.91. The predicted octanol–water partition coefficient (Wildman–Crippen LogP) is 2.45. The molecule has 0 amide bonds. The SMILES string of the molecule is CC(C)(C)C(=N)/C=C(\N)c1ccccn1. The molecule has 0 aromatic carbocycles. The molecular formula is C12H17N3. The Morgan fingerprint density at radius 1 is 1.40 bits per heavy atom. The highest BCUT2D eigenvalue weighted by Gasteiger charge is 2.15. The molecule has 1 aromatic heterocycles. The first-order valence-electron chi connectivity index (χ1n) is 4.89. The van der Waals surface area contributed by atoms with Gasteiger partial charge in [0.15, 0.2) is 0 Å². The van der Waals surface area contributed by atoms with Crippen LogP contribution in [0.4, 0.5) is 0 Å². The van der Waals surface area contributed by atoms with Crippen LogP contribution in [0.2, 0.25) is 0 Å². The molecular weight excluding hydrogens is 186 g/mol. The quantitative estimate of drug-likeness (QED) is 0.725. The summed E-state index contributed by atoms with van der Waals surface area (Å²) in [5.74, 6) is 0. The van der Waals surface area contributed by atoms with Crippen LogP contribution in [0.15, 0.2) is 30.5 Å². The predicted molar refractivity (Wildman–Crippen MR) is 63.6 cm³/mol. The van der Waals surface area contributed by atoms with E-state index in [9.17, 15) is 0 Å². The lowest BCUT2D eigenvalue weighted by atomic mass is 9.89. The summed E-state index contributed by atoms with van der Waals surface area (Å²) in [5.41, 5.74) is 7.43. The van der Waals surface area contributed by atoms with E-state index >= 15 is 0 Å². The van der Waals surface area contributed by atoms with Gasteiger partial charge in [-0.15, -0.1) is 0 Å². The maximum Gasteiger partial charge on any atom is 0.0859 e. The van der Waals surface area contributed by atoms with Crippen molar-refractivity contribution in [1.29, 1.82) is 5.41 Å². The van der Waals surface area contributed by atoms with E-state index in [4.69, 9.17) is 11.1 Å². The highest BCUT2D eigenvalue weighted by Crippen LogP contribution is 2.17. The van der Waals surface area contributed by atoms with Crippen molar-refractivity contribution >= 4 is 11.4 Å². The Labute approximate surface area is 90.5 Å². The van der Waals surface area contributed by atoms with Crippen LogP contribution >= 0.6 is 0 Å². The number of nitrogens with two attached hydrogens (primary N) is 1. The molecule has 0 aliphatic heterocycles. The molecule has 1 aromatic rings. The zero-order valence-corrected chi connectivity index (χ0v) is 9.41. The minimum Gasteiger partial charge on any atom is -0.397 e. The van der Waals surface area contributed by atoms with Crippen molar-refractivity contribution in [2.45, 2.75) is 20.8 Å². The van der Waals surface area contributed by atoms with Crippen LogP contribution < -0.4 is 5.73 Å². The Balaban J connectivity index is 2.91. The second kappa shape index (κ2) is 4.26. The van der Waals surface area contributed by atoms with Crippen LogP contribution in [-0.2, 0) is 0 Å². The Bertz CT molecular complexity index is 372. The number of allylic oxidation sites excluding steroid dienone is 1. The molecule has 15 heavy (non-hydrogen) atoms. The Kier molecular flexibility index (Phi) is 3.24. The third-order valence-corrected chi connectivity index (χ3v) is 2.07. The van der Waals surface area contributed by atoms with E-state index in [1.165, 1.54) is 0 Å². The van der Waals surface area contributed by atoms with E-state index in [0.717, 1.165) is 0 Å². The summed E-state index contributed by atoms with van der Waals surface area (Å²) in [7, 11) is 0. The van der Waals surface area contributed by atoms with Gasteiger partial charge in [-0.3, -0.25) is 4.98 Å². The molecule has 0 aliphatic rings. The molecule has 0 fully saturated rings. The topological polar surface area (TPSA) is 62.8 Å². The molecule has 1 rings (SSSR count). The van der Waals surface area contributed by atoms with Gasteiger partial charge in [0.1, 0.15) is 0 Å². The van der Waals surface area contributed by atoms with E-state index in [2.05, 4.69) is 4.98 Å². The second-order valence-corrected chi connectivity index (χ2v) is 4.48. The largest absolute Gasteiger partial charge is 0.397 e. The van der Waals surface area contributed by atoms with Gasteiger partial charge in [0.05, 0.1) is 11.4 Å². The minimum atomic E-state index is -0.181. The average Bonchev–Trinajstić information content (AvgIpc) is 2.17. The third-order valence-electron chi connectivity index (χ3n) is 2.07. The molecule has 0 radical (unpaired) electrons. The fraction of sp³-hybridized carbons (Fsp3) is 0.333. The number of rotatable bonds is 2. The van der Waals surface area contributed by atoms with Crippen LogP contribution in [0.1, 0.15) is 26.5 Å². The van der Waals surface area contributed by atoms with Gasteiger partial charge < -0.3 is 11.1 Å². The highest BCUT2D eigenvalue weighted by molar-refractivity contribution is 6.01. The molecule has 3 heteroatoms. The lowest BCUT2D eigenvalue weighted by molar-refractivity contribution is 0.591. The van der Waals surface area contributed by atoms with E-state index in [-0.39, 0.29) is 5.41 Å². The Morgan fingerprint density at radius 2 is 2.07 bits per heavy atom.